The summed E-state index contributed by atoms with van der Waals surface area (Å²) >= 11 is 0. The van der Waals surface area contributed by atoms with Crippen LogP contribution in [0, 0.1) is 28.6 Å². The molecule has 0 aromatic rings. The van der Waals surface area contributed by atoms with E-state index in [0.29, 0.717) is 5.41 Å². The fraction of sp³-hybridized carbons (Fsp3) is 1.00. The molecular formula is C20H37N. The Morgan fingerprint density at radius 2 is 1.67 bits per heavy atom. The predicted molar refractivity (Wildman–Crippen MR) is 91.4 cm³/mol. The van der Waals surface area contributed by atoms with E-state index >= 15 is 0 Å². The molecule has 0 amide bonds. The Bertz CT molecular complexity index is 332. The van der Waals surface area contributed by atoms with Gasteiger partial charge in [-0.1, -0.05) is 52.9 Å². The zero-order chi connectivity index (χ0) is 14.9. The lowest BCUT2D eigenvalue weighted by molar-refractivity contribution is -0.0129. The van der Waals surface area contributed by atoms with Gasteiger partial charge in [-0.15, -0.1) is 0 Å². The molecule has 1 unspecified atom stereocenters. The van der Waals surface area contributed by atoms with E-state index in [0.717, 1.165) is 23.2 Å². The quantitative estimate of drug-likeness (QED) is 0.734. The van der Waals surface area contributed by atoms with Crippen molar-refractivity contribution < 1.29 is 0 Å². The minimum atomic E-state index is 0.567. The van der Waals surface area contributed by atoms with Crippen molar-refractivity contribution in [3.05, 3.63) is 0 Å². The first kappa shape index (κ1) is 15.8. The van der Waals surface area contributed by atoms with E-state index in [-0.39, 0.29) is 0 Å². The molecule has 3 aliphatic rings. The zero-order valence-electron chi connectivity index (χ0n) is 14.7. The summed E-state index contributed by atoms with van der Waals surface area (Å²) in [5.41, 5.74) is 1.29. The van der Waals surface area contributed by atoms with E-state index in [1.165, 1.54) is 77.3 Å². The molecule has 21 heavy (non-hydrogen) atoms. The maximum Gasteiger partial charge on any atom is -0.00125 e. The van der Waals surface area contributed by atoms with Crippen molar-refractivity contribution in [2.45, 2.75) is 85.0 Å². The monoisotopic (exact) mass is 291 g/mol. The van der Waals surface area contributed by atoms with E-state index in [2.05, 4.69) is 26.1 Å². The summed E-state index contributed by atoms with van der Waals surface area (Å²) in [5, 5.41) is 3.74. The number of nitrogens with one attached hydrogen (secondary N) is 1. The van der Waals surface area contributed by atoms with Crippen LogP contribution in [-0.2, 0) is 0 Å². The van der Waals surface area contributed by atoms with Gasteiger partial charge in [-0.3, -0.25) is 0 Å². The van der Waals surface area contributed by atoms with Gasteiger partial charge in [0.25, 0.3) is 0 Å². The standard InChI is InChI=1S/C20H37N/c1-4-19(2,3)17-9-11-20(12-10-17)13-14-21-15-18(20)16-7-5-6-8-16/h16-18,21H,4-15H2,1-3H3. The molecule has 3 rings (SSSR count). The third-order valence-electron chi connectivity index (χ3n) is 7.92. The summed E-state index contributed by atoms with van der Waals surface area (Å²) in [7, 11) is 0. The minimum absolute atomic E-state index is 0.567. The summed E-state index contributed by atoms with van der Waals surface area (Å²) < 4.78 is 0. The molecule has 0 aromatic heterocycles. The molecule has 0 bridgehead atoms. The van der Waals surface area contributed by atoms with Crippen LogP contribution < -0.4 is 5.32 Å². The van der Waals surface area contributed by atoms with Gasteiger partial charge in [-0.2, -0.15) is 0 Å². The molecule has 1 atom stereocenters. The highest BCUT2D eigenvalue weighted by atomic mass is 14.9. The first-order chi connectivity index (χ1) is 10.1. The van der Waals surface area contributed by atoms with Crippen molar-refractivity contribution >= 4 is 0 Å². The second kappa shape index (κ2) is 6.22. The van der Waals surface area contributed by atoms with Crippen molar-refractivity contribution in [3.63, 3.8) is 0 Å². The molecule has 2 saturated carbocycles. The van der Waals surface area contributed by atoms with Crippen molar-refractivity contribution in [2.75, 3.05) is 13.1 Å². The zero-order valence-corrected chi connectivity index (χ0v) is 14.7. The SMILES string of the molecule is CCC(C)(C)C1CCC2(CCNCC2C2CCCC2)CC1. The summed E-state index contributed by atoms with van der Waals surface area (Å²) in [6, 6.07) is 0. The van der Waals surface area contributed by atoms with Crippen LogP contribution in [0.2, 0.25) is 0 Å². The summed E-state index contributed by atoms with van der Waals surface area (Å²) in [4.78, 5) is 0. The van der Waals surface area contributed by atoms with E-state index in [1.807, 2.05) is 0 Å². The lowest BCUT2D eigenvalue weighted by Gasteiger charge is -2.53. The van der Waals surface area contributed by atoms with Gasteiger partial charge in [0.15, 0.2) is 0 Å². The summed E-state index contributed by atoms with van der Waals surface area (Å²) in [5.74, 6) is 3.03. The van der Waals surface area contributed by atoms with Gasteiger partial charge >= 0.3 is 0 Å². The average molecular weight is 292 g/mol. The highest BCUT2D eigenvalue weighted by molar-refractivity contribution is 4.99. The number of hydrogen-bond acceptors (Lipinski definition) is 1. The molecule has 1 heteroatoms. The molecule has 2 aliphatic carbocycles. The van der Waals surface area contributed by atoms with Crippen LogP contribution in [-0.4, -0.2) is 13.1 Å². The van der Waals surface area contributed by atoms with E-state index in [1.54, 1.807) is 0 Å². The van der Waals surface area contributed by atoms with Crippen LogP contribution in [0.15, 0.2) is 0 Å². The van der Waals surface area contributed by atoms with Crippen LogP contribution in [0.25, 0.3) is 0 Å². The van der Waals surface area contributed by atoms with Crippen LogP contribution in [0.4, 0.5) is 0 Å². The van der Waals surface area contributed by atoms with Crippen molar-refractivity contribution in [3.8, 4) is 0 Å². The fourth-order valence-electron chi connectivity index (χ4n) is 5.91. The molecule has 1 aliphatic heterocycles. The Hall–Kier alpha value is -0.0400. The summed E-state index contributed by atoms with van der Waals surface area (Å²) in [6.07, 6.45) is 14.9. The maximum atomic E-state index is 3.74. The molecular weight excluding hydrogens is 254 g/mol. The van der Waals surface area contributed by atoms with Crippen LogP contribution >= 0.6 is 0 Å². The van der Waals surface area contributed by atoms with E-state index in [4.69, 9.17) is 0 Å². The van der Waals surface area contributed by atoms with Gasteiger partial charge < -0.3 is 5.32 Å². The number of hydrogen-bond donors (Lipinski definition) is 1. The van der Waals surface area contributed by atoms with Gasteiger partial charge in [0.1, 0.15) is 0 Å². The molecule has 1 heterocycles. The number of rotatable bonds is 3. The highest BCUT2D eigenvalue weighted by Gasteiger charge is 2.47. The smallest absolute Gasteiger partial charge is 0.00125 e. The molecule has 1 spiro atoms. The van der Waals surface area contributed by atoms with Crippen molar-refractivity contribution in [1.82, 2.24) is 5.32 Å². The normalized spacial score (nSPS) is 39.0. The van der Waals surface area contributed by atoms with Crippen LogP contribution in [0.3, 0.4) is 0 Å². The molecule has 1 saturated heterocycles. The lowest BCUT2D eigenvalue weighted by atomic mass is 9.55. The lowest BCUT2D eigenvalue weighted by Crippen LogP contribution is -2.50. The first-order valence-corrected chi connectivity index (χ1v) is 9.78. The second-order valence-corrected chi connectivity index (χ2v) is 9.08. The van der Waals surface area contributed by atoms with Gasteiger partial charge in [0.05, 0.1) is 0 Å². The average Bonchev–Trinajstić information content (AvgIpc) is 3.02. The predicted octanol–water partition coefficient (Wildman–Crippen LogP) is 5.40. The maximum absolute atomic E-state index is 3.74. The molecule has 122 valence electrons. The van der Waals surface area contributed by atoms with Crippen molar-refractivity contribution in [2.24, 2.45) is 28.6 Å². The van der Waals surface area contributed by atoms with Gasteiger partial charge in [-0.25, -0.2) is 0 Å². The first-order valence-electron chi connectivity index (χ1n) is 9.78. The Balaban J connectivity index is 1.68. The largest absolute Gasteiger partial charge is 0.316 e. The Morgan fingerprint density at radius 1 is 1.00 bits per heavy atom. The molecule has 0 radical (unpaired) electrons. The van der Waals surface area contributed by atoms with Gasteiger partial charge in [-0.05, 0) is 73.8 Å². The molecule has 0 aromatic carbocycles. The third-order valence-corrected chi connectivity index (χ3v) is 7.92. The molecule has 1 nitrogen and oxygen atoms in total. The third kappa shape index (κ3) is 3.05. The summed E-state index contributed by atoms with van der Waals surface area (Å²) in [6.45, 7) is 10.0. The topological polar surface area (TPSA) is 12.0 Å². The van der Waals surface area contributed by atoms with E-state index in [9.17, 15) is 0 Å². The van der Waals surface area contributed by atoms with E-state index < -0.39 is 0 Å². The molecule has 1 N–H and O–H groups in total. The van der Waals surface area contributed by atoms with Gasteiger partial charge in [0, 0.05) is 0 Å². The van der Waals surface area contributed by atoms with Crippen molar-refractivity contribution in [1.29, 1.82) is 0 Å². The van der Waals surface area contributed by atoms with Gasteiger partial charge in [0.2, 0.25) is 0 Å². The van der Waals surface area contributed by atoms with Crippen LogP contribution in [0.5, 0.6) is 0 Å². The second-order valence-electron chi connectivity index (χ2n) is 9.08. The number of piperidine rings is 1. The van der Waals surface area contributed by atoms with Crippen LogP contribution in [0.1, 0.15) is 85.0 Å². The minimum Gasteiger partial charge on any atom is -0.316 e. The fourth-order valence-corrected chi connectivity index (χ4v) is 5.91. The highest BCUT2D eigenvalue weighted by Crippen LogP contribution is 2.55. The molecule has 3 fully saturated rings. The Kier molecular flexibility index (Phi) is 4.69. The Morgan fingerprint density at radius 3 is 2.29 bits per heavy atom. The Labute approximate surface area is 132 Å².